The molecule has 1 saturated carbocycles. The normalized spacial score (nSPS) is 18.1. The van der Waals surface area contributed by atoms with E-state index in [0.717, 1.165) is 6.54 Å². The number of amides is 1. The zero-order valence-corrected chi connectivity index (χ0v) is 9.32. The molecule has 15 heavy (non-hydrogen) atoms. The number of rotatable bonds is 8. The van der Waals surface area contributed by atoms with Gasteiger partial charge < -0.3 is 16.2 Å². The maximum absolute atomic E-state index is 10.9. The third-order valence-corrected chi connectivity index (χ3v) is 2.75. The minimum Gasteiger partial charge on any atom is -0.383 e. The van der Waals surface area contributed by atoms with Gasteiger partial charge in [0.2, 0.25) is 5.91 Å². The molecule has 88 valence electrons. The summed E-state index contributed by atoms with van der Waals surface area (Å²) in [6.07, 6.45) is 2.73. The van der Waals surface area contributed by atoms with Gasteiger partial charge in [-0.05, 0) is 12.8 Å². The molecule has 1 amide bonds. The summed E-state index contributed by atoms with van der Waals surface area (Å²) in [6, 6.07) is 0.651. The molecule has 1 atom stereocenters. The average molecular weight is 215 g/mol. The fourth-order valence-electron chi connectivity index (χ4n) is 1.83. The van der Waals surface area contributed by atoms with Gasteiger partial charge in [0.05, 0.1) is 6.61 Å². The molecule has 1 aliphatic rings. The second kappa shape index (κ2) is 6.05. The van der Waals surface area contributed by atoms with E-state index < -0.39 is 0 Å². The van der Waals surface area contributed by atoms with Crippen LogP contribution in [0, 0.1) is 0 Å². The summed E-state index contributed by atoms with van der Waals surface area (Å²) in [4.78, 5) is 13.2. The van der Waals surface area contributed by atoms with Gasteiger partial charge in [-0.25, -0.2) is 0 Å². The molecule has 1 aliphatic carbocycles. The number of ether oxygens (including phenoxy) is 1. The van der Waals surface area contributed by atoms with Crippen LogP contribution in [0.1, 0.15) is 19.3 Å². The standard InChI is InChI=1S/C10H21N3O2/c1-15-5-4-13(8-2-3-8)9(7-11)6-10(12)14/h8-9H,2-7,11H2,1H3,(H2,12,14). The van der Waals surface area contributed by atoms with E-state index in [9.17, 15) is 4.79 Å². The maximum atomic E-state index is 10.9. The number of carbonyl (C=O) groups is 1. The third-order valence-electron chi connectivity index (χ3n) is 2.75. The van der Waals surface area contributed by atoms with Gasteiger partial charge >= 0.3 is 0 Å². The molecule has 4 N–H and O–H groups in total. The number of nitrogens with zero attached hydrogens (tertiary/aromatic N) is 1. The molecule has 1 rings (SSSR count). The molecular formula is C10H21N3O2. The molecule has 0 heterocycles. The van der Waals surface area contributed by atoms with E-state index in [1.54, 1.807) is 7.11 Å². The van der Waals surface area contributed by atoms with Crippen LogP contribution in [0.5, 0.6) is 0 Å². The Morgan fingerprint density at radius 1 is 1.60 bits per heavy atom. The van der Waals surface area contributed by atoms with Crippen molar-refractivity contribution in [1.82, 2.24) is 4.90 Å². The Kier molecular flexibility index (Phi) is 5.01. The number of hydrogen-bond donors (Lipinski definition) is 2. The monoisotopic (exact) mass is 215 g/mol. The van der Waals surface area contributed by atoms with Gasteiger partial charge in [-0.1, -0.05) is 0 Å². The van der Waals surface area contributed by atoms with Crippen molar-refractivity contribution >= 4 is 5.91 Å². The van der Waals surface area contributed by atoms with E-state index in [1.807, 2.05) is 0 Å². The Hall–Kier alpha value is -0.650. The first-order chi connectivity index (χ1) is 7.19. The van der Waals surface area contributed by atoms with Crippen LogP contribution in [-0.2, 0) is 9.53 Å². The SMILES string of the molecule is COCCN(C1CC1)C(CN)CC(N)=O. The number of carbonyl (C=O) groups excluding carboxylic acids is 1. The molecule has 0 aromatic heterocycles. The zero-order chi connectivity index (χ0) is 11.3. The lowest BCUT2D eigenvalue weighted by Crippen LogP contribution is -2.45. The highest BCUT2D eigenvalue weighted by molar-refractivity contribution is 5.74. The minimum atomic E-state index is -0.284. The second-order valence-electron chi connectivity index (χ2n) is 4.02. The molecule has 0 spiro atoms. The van der Waals surface area contributed by atoms with Crippen LogP contribution in [0.2, 0.25) is 0 Å². The molecule has 1 fully saturated rings. The highest BCUT2D eigenvalue weighted by Gasteiger charge is 2.33. The summed E-state index contributed by atoms with van der Waals surface area (Å²) in [7, 11) is 1.68. The summed E-state index contributed by atoms with van der Waals surface area (Å²) in [5.74, 6) is -0.284. The lowest BCUT2D eigenvalue weighted by molar-refractivity contribution is -0.119. The molecule has 0 radical (unpaired) electrons. The van der Waals surface area contributed by atoms with Crippen molar-refractivity contribution in [2.45, 2.75) is 31.3 Å². The van der Waals surface area contributed by atoms with Crippen molar-refractivity contribution in [3.8, 4) is 0 Å². The zero-order valence-electron chi connectivity index (χ0n) is 9.32. The van der Waals surface area contributed by atoms with Gasteiger partial charge in [0.15, 0.2) is 0 Å². The van der Waals surface area contributed by atoms with Crippen molar-refractivity contribution in [3.63, 3.8) is 0 Å². The quantitative estimate of drug-likeness (QED) is 0.561. The molecule has 0 saturated heterocycles. The van der Waals surface area contributed by atoms with Crippen LogP contribution in [-0.4, -0.2) is 49.7 Å². The van der Waals surface area contributed by atoms with E-state index in [2.05, 4.69) is 4.90 Å². The van der Waals surface area contributed by atoms with E-state index in [-0.39, 0.29) is 11.9 Å². The highest BCUT2D eigenvalue weighted by atomic mass is 16.5. The molecular weight excluding hydrogens is 194 g/mol. The van der Waals surface area contributed by atoms with Crippen molar-refractivity contribution in [1.29, 1.82) is 0 Å². The second-order valence-corrected chi connectivity index (χ2v) is 4.02. The van der Waals surface area contributed by atoms with Gasteiger partial charge in [0.25, 0.3) is 0 Å². The number of nitrogens with two attached hydrogens (primary N) is 2. The van der Waals surface area contributed by atoms with Gasteiger partial charge in [0, 0.05) is 38.7 Å². The van der Waals surface area contributed by atoms with Crippen LogP contribution in [0.4, 0.5) is 0 Å². The van der Waals surface area contributed by atoms with Crippen LogP contribution < -0.4 is 11.5 Å². The summed E-state index contributed by atoms with van der Waals surface area (Å²) < 4.78 is 5.05. The maximum Gasteiger partial charge on any atom is 0.219 e. The first-order valence-corrected chi connectivity index (χ1v) is 5.42. The van der Waals surface area contributed by atoms with Crippen LogP contribution >= 0.6 is 0 Å². The molecule has 0 aromatic rings. The largest absolute Gasteiger partial charge is 0.383 e. The fourth-order valence-corrected chi connectivity index (χ4v) is 1.83. The van der Waals surface area contributed by atoms with Crippen molar-refractivity contribution in [2.24, 2.45) is 11.5 Å². The molecule has 5 heteroatoms. The summed E-state index contributed by atoms with van der Waals surface area (Å²) in [5, 5.41) is 0. The Bertz CT molecular complexity index is 207. The lowest BCUT2D eigenvalue weighted by atomic mass is 10.1. The van der Waals surface area contributed by atoms with Gasteiger partial charge in [-0.2, -0.15) is 0 Å². The lowest BCUT2D eigenvalue weighted by Gasteiger charge is -2.29. The highest BCUT2D eigenvalue weighted by Crippen LogP contribution is 2.28. The molecule has 5 nitrogen and oxygen atoms in total. The number of methoxy groups -OCH3 is 1. The molecule has 1 unspecified atom stereocenters. The summed E-state index contributed by atoms with van der Waals surface area (Å²) >= 11 is 0. The smallest absolute Gasteiger partial charge is 0.219 e. The van der Waals surface area contributed by atoms with E-state index in [4.69, 9.17) is 16.2 Å². The predicted octanol–water partition coefficient (Wildman–Crippen LogP) is -0.700. The van der Waals surface area contributed by atoms with E-state index in [0.29, 0.717) is 25.6 Å². The Labute approximate surface area is 90.7 Å². The minimum absolute atomic E-state index is 0.0742. The molecule has 0 bridgehead atoms. The first-order valence-electron chi connectivity index (χ1n) is 5.42. The Morgan fingerprint density at radius 3 is 2.67 bits per heavy atom. The van der Waals surface area contributed by atoms with Crippen LogP contribution in [0.25, 0.3) is 0 Å². The molecule has 0 aliphatic heterocycles. The van der Waals surface area contributed by atoms with Gasteiger partial charge in [-0.3, -0.25) is 9.69 Å². The van der Waals surface area contributed by atoms with E-state index in [1.165, 1.54) is 12.8 Å². The Balaban J connectivity index is 2.46. The number of primary amides is 1. The van der Waals surface area contributed by atoms with E-state index >= 15 is 0 Å². The predicted molar refractivity (Wildman–Crippen MR) is 58.3 cm³/mol. The number of hydrogen-bond acceptors (Lipinski definition) is 4. The topological polar surface area (TPSA) is 81.6 Å². The molecule has 0 aromatic carbocycles. The average Bonchev–Trinajstić information content (AvgIpc) is 3.00. The van der Waals surface area contributed by atoms with Gasteiger partial charge in [0.1, 0.15) is 0 Å². The van der Waals surface area contributed by atoms with Crippen LogP contribution in [0.3, 0.4) is 0 Å². The third kappa shape index (κ3) is 4.15. The van der Waals surface area contributed by atoms with Crippen molar-refractivity contribution in [3.05, 3.63) is 0 Å². The summed E-state index contributed by atoms with van der Waals surface area (Å²) in [5.41, 5.74) is 10.9. The first kappa shape index (κ1) is 12.4. The van der Waals surface area contributed by atoms with Gasteiger partial charge in [-0.15, -0.1) is 0 Å². The Morgan fingerprint density at radius 2 is 2.27 bits per heavy atom. The fraction of sp³-hybridized carbons (Fsp3) is 0.900. The van der Waals surface area contributed by atoms with Crippen molar-refractivity contribution < 1.29 is 9.53 Å². The summed E-state index contributed by atoms with van der Waals surface area (Å²) in [6.45, 7) is 1.98. The van der Waals surface area contributed by atoms with Crippen molar-refractivity contribution in [2.75, 3.05) is 26.8 Å². The van der Waals surface area contributed by atoms with Crippen LogP contribution in [0.15, 0.2) is 0 Å².